The van der Waals surface area contributed by atoms with Crippen molar-refractivity contribution in [2.24, 2.45) is 0 Å². The predicted octanol–water partition coefficient (Wildman–Crippen LogP) is 1.35. The van der Waals surface area contributed by atoms with Gasteiger partial charge in [0.05, 0.1) is 33.8 Å². The molecular weight excluding hydrogens is 178 g/mol. The maximum Gasteiger partial charge on any atom is 0.330 e. The quantitative estimate of drug-likeness (QED) is 0.380. The zero-order valence-electron chi connectivity index (χ0n) is 9.38. The first-order chi connectivity index (χ1) is 6.53. The molecule has 0 atom stereocenters. The average molecular weight is 198 g/mol. The standard InChI is InChI=1S/C11H20NO2/c1-4-14-11(13)9-10-5-7-12(2,3)8-6-10/h9H,4-8H2,1-3H3/q+1. The van der Waals surface area contributed by atoms with Crippen LogP contribution in [-0.4, -0.2) is 44.2 Å². The molecule has 3 nitrogen and oxygen atoms in total. The van der Waals surface area contributed by atoms with Crippen LogP contribution in [0, 0.1) is 0 Å². The highest BCUT2D eigenvalue weighted by Gasteiger charge is 2.22. The summed E-state index contributed by atoms with van der Waals surface area (Å²) in [4.78, 5) is 11.2. The molecule has 0 unspecified atom stereocenters. The lowest BCUT2D eigenvalue weighted by atomic mass is 10.0. The largest absolute Gasteiger partial charge is 0.463 e. The van der Waals surface area contributed by atoms with Crippen molar-refractivity contribution < 1.29 is 14.0 Å². The zero-order valence-corrected chi connectivity index (χ0v) is 9.38. The molecule has 0 aromatic heterocycles. The Morgan fingerprint density at radius 3 is 2.50 bits per heavy atom. The smallest absolute Gasteiger partial charge is 0.330 e. The summed E-state index contributed by atoms with van der Waals surface area (Å²) < 4.78 is 5.93. The summed E-state index contributed by atoms with van der Waals surface area (Å²) in [5, 5.41) is 0. The molecule has 80 valence electrons. The van der Waals surface area contributed by atoms with Gasteiger partial charge in [0.1, 0.15) is 0 Å². The topological polar surface area (TPSA) is 26.3 Å². The van der Waals surface area contributed by atoms with E-state index in [9.17, 15) is 4.79 Å². The number of rotatable bonds is 2. The van der Waals surface area contributed by atoms with Crippen molar-refractivity contribution in [2.45, 2.75) is 19.8 Å². The van der Waals surface area contributed by atoms with Crippen LogP contribution in [0.1, 0.15) is 19.8 Å². The Kier molecular flexibility index (Phi) is 3.69. The number of hydrogen-bond acceptors (Lipinski definition) is 2. The number of ether oxygens (including phenoxy) is 1. The molecule has 1 rings (SSSR count). The van der Waals surface area contributed by atoms with Crippen molar-refractivity contribution >= 4 is 5.97 Å². The van der Waals surface area contributed by atoms with Gasteiger partial charge in [-0.05, 0) is 6.92 Å². The number of carbonyl (C=O) groups excluding carboxylic acids is 1. The van der Waals surface area contributed by atoms with Gasteiger partial charge < -0.3 is 9.22 Å². The minimum absolute atomic E-state index is 0.185. The first kappa shape index (κ1) is 11.2. The van der Waals surface area contributed by atoms with Crippen LogP contribution in [0.3, 0.4) is 0 Å². The van der Waals surface area contributed by atoms with Crippen LogP contribution in [0.5, 0.6) is 0 Å². The van der Waals surface area contributed by atoms with E-state index in [2.05, 4.69) is 14.1 Å². The molecule has 0 aliphatic carbocycles. The summed E-state index contributed by atoms with van der Waals surface area (Å²) in [6.45, 7) is 4.53. The van der Waals surface area contributed by atoms with Gasteiger partial charge in [-0.15, -0.1) is 0 Å². The van der Waals surface area contributed by atoms with E-state index in [0.29, 0.717) is 6.61 Å². The summed E-state index contributed by atoms with van der Waals surface area (Å²) in [5.74, 6) is -0.185. The molecular formula is C11H20NO2+. The van der Waals surface area contributed by atoms with Crippen molar-refractivity contribution in [2.75, 3.05) is 33.8 Å². The van der Waals surface area contributed by atoms with E-state index in [1.54, 1.807) is 6.08 Å². The van der Waals surface area contributed by atoms with Gasteiger partial charge in [-0.2, -0.15) is 0 Å². The minimum Gasteiger partial charge on any atom is -0.463 e. The fourth-order valence-corrected chi connectivity index (χ4v) is 1.62. The lowest BCUT2D eigenvalue weighted by Crippen LogP contribution is -2.44. The van der Waals surface area contributed by atoms with Crippen molar-refractivity contribution in [1.29, 1.82) is 0 Å². The summed E-state index contributed by atoms with van der Waals surface area (Å²) in [6, 6.07) is 0. The Labute approximate surface area is 85.9 Å². The maximum atomic E-state index is 11.2. The third kappa shape index (κ3) is 3.50. The fourth-order valence-electron chi connectivity index (χ4n) is 1.62. The van der Waals surface area contributed by atoms with E-state index >= 15 is 0 Å². The molecule has 1 aliphatic heterocycles. The van der Waals surface area contributed by atoms with Crippen LogP contribution >= 0.6 is 0 Å². The van der Waals surface area contributed by atoms with Crippen molar-refractivity contribution in [3.05, 3.63) is 11.6 Å². The van der Waals surface area contributed by atoms with E-state index in [1.807, 2.05) is 6.92 Å². The first-order valence-electron chi connectivity index (χ1n) is 5.22. The van der Waals surface area contributed by atoms with Crippen LogP contribution in [0.2, 0.25) is 0 Å². The number of likely N-dealkylation sites (tertiary alicyclic amines) is 1. The van der Waals surface area contributed by atoms with Crippen molar-refractivity contribution in [3.8, 4) is 0 Å². The zero-order chi connectivity index (χ0) is 10.6. The van der Waals surface area contributed by atoms with E-state index in [-0.39, 0.29) is 5.97 Å². The molecule has 1 aliphatic rings. The van der Waals surface area contributed by atoms with Gasteiger partial charge in [0.15, 0.2) is 0 Å². The second kappa shape index (κ2) is 4.60. The van der Waals surface area contributed by atoms with Crippen molar-refractivity contribution in [1.82, 2.24) is 0 Å². The van der Waals surface area contributed by atoms with Gasteiger partial charge in [-0.1, -0.05) is 5.57 Å². The summed E-state index contributed by atoms with van der Waals surface area (Å²) in [7, 11) is 4.45. The first-order valence-corrected chi connectivity index (χ1v) is 5.22. The number of carbonyl (C=O) groups is 1. The van der Waals surface area contributed by atoms with Gasteiger partial charge in [0, 0.05) is 18.9 Å². The molecule has 3 heteroatoms. The third-order valence-corrected chi connectivity index (χ3v) is 2.69. The van der Waals surface area contributed by atoms with Crippen molar-refractivity contribution in [3.63, 3.8) is 0 Å². The van der Waals surface area contributed by atoms with Gasteiger partial charge in [-0.3, -0.25) is 0 Å². The number of nitrogens with zero attached hydrogens (tertiary/aromatic N) is 1. The molecule has 0 amide bonds. The Morgan fingerprint density at radius 1 is 1.43 bits per heavy atom. The Hall–Kier alpha value is -0.830. The molecule has 0 aromatic carbocycles. The molecule has 14 heavy (non-hydrogen) atoms. The van der Waals surface area contributed by atoms with Crippen LogP contribution in [-0.2, 0) is 9.53 Å². The van der Waals surface area contributed by atoms with Crippen LogP contribution in [0.4, 0.5) is 0 Å². The normalized spacial score (nSPS) is 20.4. The second-order valence-electron chi connectivity index (χ2n) is 4.44. The Bertz CT molecular complexity index is 232. The monoisotopic (exact) mass is 198 g/mol. The minimum atomic E-state index is -0.185. The van der Waals surface area contributed by atoms with Gasteiger partial charge >= 0.3 is 5.97 Å². The maximum absolute atomic E-state index is 11.2. The summed E-state index contributed by atoms with van der Waals surface area (Å²) >= 11 is 0. The van der Waals surface area contributed by atoms with E-state index in [0.717, 1.165) is 30.4 Å². The lowest BCUT2D eigenvalue weighted by molar-refractivity contribution is -0.892. The Morgan fingerprint density at radius 2 is 2.00 bits per heavy atom. The molecule has 0 aromatic rings. The highest BCUT2D eigenvalue weighted by atomic mass is 16.5. The molecule has 0 radical (unpaired) electrons. The average Bonchev–Trinajstić information content (AvgIpc) is 2.09. The van der Waals surface area contributed by atoms with Gasteiger partial charge in [-0.25, -0.2) is 4.79 Å². The van der Waals surface area contributed by atoms with E-state index in [1.165, 1.54) is 5.57 Å². The van der Waals surface area contributed by atoms with Crippen LogP contribution < -0.4 is 0 Å². The Balaban J connectivity index is 2.45. The lowest BCUT2D eigenvalue weighted by Gasteiger charge is -2.34. The summed E-state index contributed by atoms with van der Waals surface area (Å²) in [5.41, 5.74) is 1.24. The summed E-state index contributed by atoms with van der Waals surface area (Å²) in [6.07, 6.45) is 3.71. The fraction of sp³-hybridized carbons (Fsp3) is 0.727. The molecule has 1 saturated heterocycles. The number of hydrogen-bond donors (Lipinski definition) is 0. The number of quaternary nitrogens is 1. The van der Waals surface area contributed by atoms with Gasteiger partial charge in [0.25, 0.3) is 0 Å². The van der Waals surface area contributed by atoms with Crippen LogP contribution in [0.15, 0.2) is 11.6 Å². The van der Waals surface area contributed by atoms with E-state index in [4.69, 9.17) is 4.74 Å². The molecule has 0 spiro atoms. The second-order valence-corrected chi connectivity index (χ2v) is 4.44. The highest BCUT2D eigenvalue weighted by Crippen LogP contribution is 2.19. The SMILES string of the molecule is CCOC(=O)C=C1CC[N+](C)(C)CC1. The molecule has 1 fully saturated rings. The number of esters is 1. The van der Waals surface area contributed by atoms with E-state index < -0.39 is 0 Å². The molecule has 0 saturated carbocycles. The third-order valence-electron chi connectivity index (χ3n) is 2.69. The number of piperidine rings is 1. The molecule has 1 heterocycles. The highest BCUT2D eigenvalue weighted by molar-refractivity contribution is 5.82. The van der Waals surface area contributed by atoms with Crippen LogP contribution in [0.25, 0.3) is 0 Å². The molecule has 0 bridgehead atoms. The van der Waals surface area contributed by atoms with Gasteiger partial charge in [0.2, 0.25) is 0 Å². The molecule has 0 N–H and O–H groups in total. The predicted molar refractivity (Wildman–Crippen MR) is 55.8 cm³/mol.